The van der Waals surface area contributed by atoms with Crippen molar-refractivity contribution in [1.29, 1.82) is 0 Å². The van der Waals surface area contributed by atoms with Gasteiger partial charge in [0.15, 0.2) is 0 Å². The summed E-state index contributed by atoms with van der Waals surface area (Å²) in [6.45, 7) is 8.94. The van der Waals surface area contributed by atoms with Crippen molar-refractivity contribution in [2.24, 2.45) is 0 Å². The molecule has 0 aromatic heterocycles. The Morgan fingerprint density at radius 1 is 1.46 bits per heavy atom. The van der Waals surface area contributed by atoms with Gasteiger partial charge in [0.1, 0.15) is 0 Å². The van der Waals surface area contributed by atoms with Crippen LogP contribution in [0.4, 0.5) is 0 Å². The summed E-state index contributed by atoms with van der Waals surface area (Å²) in [7, 11) is 0. The van der Waals surface area contributed by atoms with Gasteiger partial charge in [-0.2, -0.15) is 0 Å². The Balaban J connectivity index is 2.05. The van der Waals surface area contributed by atoms with Crippen LogP contribution in [0.5, 0.6) is 0 Å². The lowest BCUT2D eigenvalue weighted by atomic mass is 10.3. The molecule has 0 aromatic carbocycles. The number of rotatable bonds is 5. The first-order valence-electron chi connectivity index (χ1n) is 5.15. The fourth-order valence-electron chi connectivity index (χ4n) is 1.40. The normalized spacial score (nSPS) is 25.4. The smallest absolute Gasteiger partial charge is 0.0834 e. The third-order valence-corrected chi connectivity index (χ3v) is 2.13. The molecular formula is C10H21NO2. The maximum absolute atomic E-state index is 5.77. The molecule has 1 fully saturated rings. The predicted octanol–water partition coefficient (Wildman–Crippen LogP) is 1.18. The minimum absolute atomic E-state index is 0.286. The van der Waals surface area contributed by atoms with E-state index in [2.05, 4.69) is 26.1 Å². The summed E-state index contributed by atoms with van der Waals surface area (Å²) in [6, 6.07) is 0.533. The zero-order chi connectivity index (χ0) is 9.68. The Kier molecular flexibility index (Phi) is 4.70. The first-order chi connectivity index (χ1) is 6.18. The minimum atomic E-state index is 0.286. The molecule has 3 heteroatoms. The molecule has 3 nitrogen and oxygen atoms in total. The second-order valence-electron chi connectivity index (χ2n) is 4.00. The van der Waals surface area contributed by atoms with Crippen molar-refractivity contribution < 1.29 is 9.47 Å². The van der Waals surface area contributed by atoms with E-state index in [1.165, 1.54) is 0 Å². The number of hydrogen-bond donors (Lipinski definition) is 1. The molecular weight excluding hydrogens is 166 g/mol. The molecule has 0 amide bonds. The van der Waals surface area contributed by atoms with Gasteiger partial charge in [-0.05, 0) is 13.3 Å². The van der Waals surface area contributed by atoms with Crippen LogP contribution in [0, 0.1) is 0 Å². The van der Waals surface area contributed by atoms with Crippen molar-refractivity contribution in [3.63, 3.8) is 0 Å². The molecule has 1 N–H and O–H groups in total. The molecule has 1 saturated heterocycles. The Morgan fingerprint density at radius 2 is 2.23 bits per heavy atom. The van der Waals surface area contributed by atoms with Gasteiger partial charge in [-0.25, -0.2) is 0 Å². The van der Waals surface area contributed by atoms with E-state index in [0.29, 0.717) is 12.1 Å². The van der Waals surface area contributed by atoms with Crippen molar-refractivity contribution in [2.75, 3.05) is 19.8 Å². The lowest BCUT2D eigenvalue weighted by Crippen LogP contribution is -2.34. The van der Waals surface area contributed by atoms with Crippen LogP contribution < -0.4 is 5.32 Å². The first kappa shape index (κ1) is 11.0. The fourth-order valence-corrected chi connectivity index (χ4v) is 1.40. The molecule has 2 atom stereocenters. The molecule has 0 radical (unpaired) electrons. The lowest BCUT2D eigenvalue weighted by molar-refractivity contribution is -0.00624. The SMILES string of the molecule is CC(C)NCC(C)OC1CCOC1. The summed E-state index contributed by atoms with van der Waals surface area (Å²) >= 11 is 0. The van der Waals surface area contributed by atoms with Gasteiger partial charge in [0, 0.05) is 19.2 Å². The molecule has 2 unspecified atom stereocenters. The van der Waals surface area contributed by atoms with Gasteiger partial charge in [0.25, 0.3) is 0 Å². The van der Waals surface area contributed by atoms with E-state index in [9.17, 15) is 0 Å². The highest BCUT2D eigenvalue weighted by Crippen LogP contribution is 2.10. The van der Waals surface area contributed by atoms with E-state index in [-0.39, 0.29) is 6.10 Å². The topological polar surface area (TPSA) is 30.5 Å². The summed E-state index contributed by atoms with van der Waals surface area (Å²) in [5.74, 6) is 0. The maximum atomic E-state index is 5.77. The Hall–Kier alpha value is -0.120. The third-order valence-electron chi connectivity index (χ3n) is 2.13. The molecule has 1 aliphatic rings. The van der Waals surface area contributed by atoms with E-state index < -0.39 is 0 Å². The first-order valence-corrected chi connectivity index (χ1v) is 5.15. The largest absolute Gasteiger partial charge is 0.379 e. The molecule has 13 heavy (non-hydrogen) atoms. The molecule has 78 valence electrons. The highest BCUT2D eigenvalue weighted by molar-refractivity contribution is 4.67. The van der Waals surface area contributed by atoms with Gasteiger partial charge in [-0.3, -0.25) is 0 Å². The van der Waals surface area contributed by atoms with Crippen LogP contribution in [0.25, 0.3) is 0 Å². The summed E-state index contributed by atoms with van der Waals surface area (Å²) in [5.41, 5.74) is 0. The number of hydrogen-bond acceptors (Lipinski definition) is 3. The molecule has 0 aliphatic carbocycles. The number of nitrogens with one attached hydrogen (secondary N) is 1. The van der Waals surface area contributed by atoms with Crippen molar-refractivity contribution in [1.82, 2.24) is 5.32 Å². The zero-order valence-corrected chi connectivity index (χ0v) is 8.88. The van der Waals surface area contributed by atoms with E-state index in [1.807, 2.05) is 0 Å². The summed E-state index contributed by atoms with van der Waals surface area (Å²) in [5, 5.41) is 3.35. The highest BCUT2D eigenvalue weighted by Gasteiger charge is 2.18. The van der Waals surface area contributed by atoms with E-state index in [0.717, 1.165) is 26.2 Å². The van der Waals surface area contributed by atoms with Crippen molar-refractivity contribution >= 4 is 0 Å². The average Bonchev–Trinajstić information content (AvgIpc) is 2.53. The van der Waals surface area contributed by atoms with Crippen molar-refractivity contribution in [2.45, 2.75) is 45.4 Å². The van der Waals surface area contributed by atoms with Crippen LogP contribution in [0.15, 0.2) is 0 Å². The van der Waals surface area contributed by atoms with Gasteiger partial charge >= 0.3 is 0 Å². The standard InChI is InChI=1S/C10H21NO2/c1-8(2)11-6-9(3)13-10-4-5-12-7-10/h8-11H,4-7H2,1-3H3. The molecule has 0 bridgehead atoms. The van der Waals surface area contributed by atoms with Crippen LogP contribution in [-0.4, -0.2) is 38.0 Å². The van der Waals surface area contributed by atoms with Crippen LogP contribution in [0.1, 0.15) is 27.2 Å². The third kappa shape index (κ3) is 4.60. The van der Waals surface area contributed by atoms with Crippen LogP contribution in [0.3, 0.4) is 0 Å². The molecule has 1 rings (SSSR count). The van der Waals surface area contributed by atoms with Gasteiger partial charge in [0.05, 0.1) is 18.8 Å². The van der Waals surface area contributed by atoms with Crippen LogP contribution in [-0.2, 0) is 9.47 Å². The second-order valence-corrected chi connectivity index (χ2v) is 4.00. The van der Waals surface area contributed by atoms with Gasteiger partial charge in [-0.15, -0.1) is 0 Å². The molecule has 1 aliphatic heterocycles. The molecule has 0 spiro atoms. The summed E-state index contributed by atoms with van der Waals surface area (Å²) < 4.78 is 11.0. The monoisotopic (exact) mass is 187 g/mol. The van der Waals surface area contributed by atoms with E-state index in [1.54, 1.807) is 0 Å². The van der Waals surface area contributed by atoms with Gasteiger partial charge in [0.2, 0.25) is 0 Å². The van der Waals surface area contributed by atoms with E-state index in [4.69, 9.17) is 9.47 Å². The minimum Gasteiger partial charge on any atom is -0.379 e. The Labute approximate surface area is 80.8 Å². The van der Waals surface area contributed by atoms with Gasteiger partial charge in [-0.1, -0.05) is 13.8 Å². The van der Waals surface area contributed by atoms with Crippen molar-refractivity contribution in [3.8, 4) is 0 Å². The van der Waals surface area contributed by atoms with Crippen LogP contribution >= 0.6 is 0 Å². The van der Waals surface area contributed by atoms with Crippen molar-refractivity contribution in [3.05, 3.63) is 0 Å². The van der Waals surface area contributed by atoms with Gasteiger partial charge < -0.3 is 14.8 Å². The van der Waals surface area contributed by atoms with Crippen LogP contribution in [0.2, 0.25) is 0 Å². The zero-order valence-electron chi connectivity index (χ0n) is 8.88. The fraction of sp³-hybridized carbons (Fsp3) is 1.00. The molecule has 0 aromatic rings. The summed E-state index contributed by atoms with van der Waals surface area (Å²) in [6.07, 6.45) is 1.66. The van der Waals surface area contributed by atoms with E-state index >= 15 is 0 Å². The predicted molar refractivity (Wildman–Crippen MR) is 52.9 cm³/mol. The number of ether oxygens (including phenoxy) is 2. The highest BCUT2D eigenvalue weighted by atomic mass is 16.5. The Morgan fingerprint density at radius 3 is 2.77 bits per heavy atom. The summed E-state index contributed by atoms with van der Waals surface area (Å²) in [4.78, 5) is 0. The maximum Gasteiger partial charge on any atom is 0.0834 e. The molecule has 1 heterocycles. The molecule has 0 saturated carbocycles. The Bertz CT molecular complexity index is 133. The quantitative estimate of drug-likeness (QED) is 0.701. The average molecular weight is 187 g/mol. The second kappa shape index (κ2) is 5.58. The lowest BCUT2D eigenvalue weighted by Gasteiger charge is -2.19.